The number of carbonyl (C=O) groups excluding carboxylic acids is 1. The Kier molecular flexibility index (Phi) is 6.81. The molecule has 0 unspecified atom stereocenters. The smallest absolute Gasteiger partial charge is 0.233 e. The van der Waals surface area contributed by atoms with Gasteiger partial charge in [0.1, 0.15) is 0 Å². The minimum Gasteiger partial charge on any atom is -0.355 e. The average molecular weight is 330 g/mol. The van der Waals surface area contributed by atoms with E-state index in [9.17, 15) is 4.79 Å². The van der Waals surface area contributed by atoms with E-state index in [4.69, 9.17) is 0 Å². The molecular formula is C19H26N2OS. The van der Waals surface area contributed by atoms with E-state index in [-0.39, 0.29) is 11.9 Å². The van der Waals surface area contributed by atoms with Gasteiger partial charge in [0, 0.05) is 11.4 Å². The van der Waals surface area contributed by atoms with Gasteiger partial charge >= 0.3 is 0 Å². The number of thiophene rings is 1. The molecule has 0 radical (unpaired) electrons. The molecule has 1 atom stereocenters. The van der Waals surface area contributed by atoms with Gasteiger partial charge < -0.3 is 5.32 Å². The number of nitrogens with one attached hydrogen (secondary N) is 2. The molecule has 23 heavy (non-hydrogen) atoms. The van der Waals surface area contributed by atoms with Crippen LogP contribution in [0, 0.1) is 12.8 Å². The fraction of sp³-hybridized carbons (Fsp3) is 0.421. The maximum atomic E-state index is 12.0. The summed E-state index contributed by atoms with van der Waals surface area (Å²) in [6.07, 6.45) is 1.01. The lowest BCUT2D eigenvalue weighted by molar-refractivity contribution is -0.120. The molecule has 0 aliphatic heterocycles. The summed E-state index contributed by atoms with van der Waals surface area (Å²) in [5, 5.41) is 8.44. The van der Waals surface area contributed by atoms with Crippen LogP contribution in [0.5, 0.6) is 0 Å². The van der Waals surface area contributed by atoms with Gasteiger partial charge in [0.2, 0.25) is 5.91 Å². The zero-order valence-electron chi connectivity index (χ0n) is 14.1. The van der Waals surface area contributed by atoms with Crippen LogP contribution in [0.1, 0.15) is 42.3 Å². The van der Waals surface area contributed by atoms with E-state index in [0.717, 1.165) is 13.0 Å². The van der Waals surface area contributed by atoms with E-state index in [2.05, 4.69) is 67.1 Å². The molecule has 2 N–H and O–H groups in total. The lowest BCUT2D eigenvalue weighted by Gasteiger charge is -2.18. The summed E-state index contributed by atoms with van der Waals surface area (Å²) in [6, 6.07) is 12.7. The molecule has 0 spiro atoms. The number of carbonyl (C=O) groups is 1. The molecule has 0 bridgehead atoms. The highest BCUT2D eigenvalue weighted by Gasteiger charge is 2.15. The molecule has 1 aromatic heterocycles. The maximum absolute atomic E-state index is 12.0. The quantitative estimate of drug-likeness (QED) is 0.771. The Bertz CT molecular complexity index is 590. The van der Waals surface area contributed by atoms with E-state index < -0.39 is 0 Å². The topological polar surface area (TPSA) is 41.1 Å². The van der Waals surface area contributed by atoms with Crippen molar-refractivity contribution in [3.8, 4) is 0 Å². The van der Waals surface area contributed by atoms with Gasteiger partial charge in [0.05, 0.1) is 12.6 Å². The van der Waals surface area contributed by atoms with E-state index in [1.54, 1.807) is 11.3 Å². The highest BCUT2D eigenvalue weighted by atomic mass is 32.1. The van der Waals surface area contributed by atoms with Crippen LogP contribution in [0.25, 0.3) is 0 Å². The second-order valence-corrected chi connectivity index (χ2v) is 7.25. The van der Waals surface area contributed by atoms with Gasteiger partial charge in [-0.15, -0.1) is 11.3 Å². The average Bonchev–Trinajstić information content (AvgIpc) is 3.03. The summed E-state index contributed by atoms with van der Waals surface area (Å²) < 4.78 is 0. The molecule has 1 amide bonds. The minimum absolute atomic E-state index is 0.0549. The third-order valence-electron chi connectivity index (χ3n) is 3.75. The zero-order chi connectivity index (χ0) is 16.7. The van der Waals surface area contributed by atoms with E-state index in [1.165, 1.54) is 16.0 Å². The van der Waals surface area contributed by atoms with Crippen LogP contribution in [-0.2, 0) is 4.79 Å². The molecule has 1 heterocycles. The molecule has 124 valence electrons. The fourth-order valence-electron chi connectivity index (χ4n) is 2.35. The Labute approximate surface area is 143 Å². The molecular weight excluding hydrogens is 304 g/mol. The van der Waals surface area contributed by atoms with Crippen molar-refractivity contribution in [3.05, 3.63) is 57.8 Å². The molecule has 0 aliphatic carbocycles. The number of aryl methyl sites for hydroxylation is 1. The SMILES string of the molecule is Cc1ccc([C@H](NCC(=O)NCCC(C)C)c2cccs2)cc1. The molecule has 4 heteroatoms. The molecule has 0 fully saturated rings. The molecule has 0 saturated carbocycles. The Hall–Kier alpha value is -1.65. The van der Waals surface area contributed by atoms with Gasteiger partial charge in [-0.2, -0.15) is 0 Å². The standard InChI is InChI=1S/C19H26N2OS/c1-14(2)10-11-20-18(22)13-21-19(17-5-4-12-23-17)16-8-6-15(3)7-9-16/h4-9,12,14,19,21H,10-11,13H2,1-3H3,(H,20,22)/t19-/m0/s1. The molecule has 3 nitrogen and oxygen atoms in total. The van der Waals surface area contributed by atoms with Crippen molar-refractivity contribution in [1.82, 2.24) is 10.6 Å². The number of amides is 1. The van der Waals surface area contributed by atoms with Crippen LogP contribution in [-0.4, -0.2) is 19.0 Å². The van der Waals surface area contributed by atoms with Crippen molar-refractivity contribution in [1.29, 1.82) is 0 Å². The predicted molar refractivity (Wildman–Crippen MR) is 97.8 cm³/mol. The highest BCUT2D eigenvalue weighted by Crippen LogP contribution is 2.26. The number of benzene rings is 1. The third kappa shape index (κ3) is 5.81. The van der Waals surface area contributed by atoms with Gasteiger partial charge in [0.15, 0.2) is 0 Å². The summed E-state index contributed by atoms with van der Waals surface area (Å²) in [4.78, 5) is 13.2. The highest BCUT2D eigenvalue weighted by molar-refractivity contribution is 7.10. The first-order valence-corrected chi connectivity index (χ1v) is 9.04. The Morgan fingerprint density at radius 2 is 1.91 bits per heavy atom. The molecule has 1 aromatic carbocycles. The zero-order valence-corrected chi connectivity index (χ0v) is 15.0. The Balaban J connectivity index is 1.96. The number of hydrogen-bond acceptors (Lipinski definition) is 3. The van der Waals surface area contributed by atoms with Crippen LogP contribution >= 0.6 is 11.3 Å². The van der Waals surface area contributed by atoms with Crippen molar-refractivity contribution in [2.24, 2.45) is 5.92 Å². The minimum atomic E-state index is 0.0549. The van der Waals surface area contributed by atoms with Gasteiger partial charge in [-0.3, -0.25) is 10.1 Å². The second kappa shape index (κ2) is 8.85. The van der Waals surface area contributed by atoms with Crippen LogP contribution in [0.3, 0.4) is 0 Å². The molecule has 2 rings (SSSR count). The summed E-state index contributed by atoms with van der Waals surface area (Å²) in [7, 11) is 0. The lowest BCUT2D eigenvalue weighted by atomic mass is 10.0. The van der Waals surface area contributed by atoms with Crippen LogP contribution in [0.15, 0.2) is 41.8 Å². The van der Waals surface area contributed by atoms with Gasteiger partial charge in [-0.05, 0) is 36.3 Å². The Morgan fingerprint density at radius 1 is 1.17 bits per heavy atom. The van der Waals surface area contributed by atoms with Crippen LogP contribution in [0.4, 0.5) is 0 Å². The monoisotopic (exact) mass is 330 g/mol. The first-order valence-electron chi connectivity index (χ1n) is 8.16. The summed E-state index contributed by atoms with van der Waals surface area (Å²) in [6.45, 7) is 7.48. The van der Waals surface area contributed by atoms with E-state index >= 15 is 0 Å². The fourth-order valence-corrected chi connectivity index (χ4v) is 3.18. The van der Waals surface area contributed by atoms with Crippen molar-refractivity contribution >= 4 is 17.2 Å². The summed E-state index contributed by atoms with van der Waals surface area (Å²) in [5.74, 6) is 0.661. The molecule has 0 saturated heterocycles. The first-order chi connectivity index (χ1) is 11.1. The second-order valence-electron chi connectivity index (χ2n) is 6.27. The van der Waals surface area contributed by atoms with Crippen molar-refractivity contribution < 1.29 is 4.79 Å². The van der Waals surface area contributed by atoms with E-state index in [1.807, 2.05) is 6.07 Å². The largest absolute Gasteiger partial charge is 0.355 e. The van der Waals surface area contributed by atoms with E-state index in [0.29, 0.717) is 12.5 Å². The predicted octanol–water partition coefficient (Wildman–Crippen LogP) is 3.90. The van der Waals surface area contributed by atoms with Gasteiger partial charge in [0.25, 0.3) is 0 Å². The summed E-state index contributed by atoms with van der Waals surface area (Å²) in [5.41, 5.74) is 2.43. The molecule has 0 aliphatic rings. The van der Waals surface area contributed by atoms with Gasteiger partial charge in [-0.1, -0.05) is 49.7 Å². The lowest BCUT2D eigenvalue weighted by Crippen LogP contribution is -2.36. The first kappa shape index (κ1) is 17.7. The van der Waals surface area contributed by atoms with Crippen molar-refractivity contribution in [2.75, 3.05) is 13.1 Å². The normalized spacial score (nSPS) is 12.3. The number of rotatable bonds is 8. The van der Waals surface area contributed by atoms with Crippen molar-refractivity contribution in [3.63, 3.8) is 0 Å². The number of hydrogen-bond donors (Lipinski definition) is 2. The van der Waals surface area contributed by atoms with Crippen molar-refractivity contribution in [2.45, 2.75) is 33.2 Å². The molecule has 2 aromatic rings. The van der Waals surface area contributed by atoms with Crippen LogP contribution < -0.4 is 10.6 Å². The third-order valence-corrected chi connectivity index (χ3v) is 4.69. The van der Waals surface area contributed by atoms with Crippen LogP contribution in [0.2, 0.25) is 0 Å². The summed E-state index contributed by atoms with van der Waals surface area (Å²) >= 11 is 1.71. The maximum Gasteiger partial charge on any atom is 0.233 e. The van der Waals surface area contributed by atoms with Gasteiger partial charge in [-0.25, -0.2) is 0 Å². The Morgan fingerprint density at radius 3 is 2.52 bits per heavy atom.